The van der Waals surface area contributed by atoms with Crippen molar-refractivity contribution in [3.63, 3.8) is 0 Å². The van der Waals surface area contributed by atoms with E-state index in [0.29, 0.717) is 18.2 Å². The summed E-state index contributed by atoms with van der Waals surface area (Å²) in [5.74, 6) is 0.742. The molecule has 0 bridgehead atoms. The van der Waals surface area contributed by atoms with Crippen LogP contribution in [-0.4, -0.2) is 35.9 Å². The van der Waals surface area contributed by atoms with Gasteiger partial charge in [-0.25, -0.2) is 0 Å². The first-order valence-corrected chi connectivity index (χ1v) is 6.57. The number of hydrogen-bond acceptors (Lipinski definition) is 5. The zero-order chi connectivity index (χ0) is 13.7. The summed E-state index contributed by atoms with van der Waals surface area (Å²) >= 11 is 0. The largest absolute Gasteiger partial charge is 0.465 e. The fourth-order valence-corrected chi connectivity index (χ4v) is 2.40. The molecule has 2 N–H and O–H groups in total. The van der Waals surface area contributed by atoms with Gasteiger partial charge in [0.05, 0.1) is 6.61 Å². The highest BCUT2D eigenvalue weighted by Crippen LogP contribution is 2.36. The van der Waals surface area contributed by atoms with Crippen molar-refractivity contribution in [1.82, 2.24) is 10.5 Å². The van der Waals surface area contributed by atoms with Crippen LogP contribution in [0.4, 0.5) is 0 Å². The highest BCUT2D eigenvalue weighted by molar-refractivity contribution is 5.77. The molecule has 6 heteroatoms. The summed E-state index contributed by atoms with van der Waals surface area (Å²) in [4.78, 5) is 11.7. The van der Waals surface area contributed by atoms with Gasteiger partial charge in [0.2, 0.25) is 0 Å². The summed E-state index contributed by atoms with van der Waals surface area (Å²) < 4.78 is 10.0. The molecule has 0 aliphatic heterocycles. The average Bonchev–Trinajstić information content (AvgIpc) is 3.04. The number of carbonyl (C=O) groups excluding carboxylic acids is 1. The van der Waals surface area contributed by atoms with E-state index in [1.807, 2.05) is 0 Å². The topological polar surface area (TPSA) is 84.6 Å². The van der Waals surface area contributed by atoms with Gasteiger partial charge in [-0.05, 0) is 24.9 Å². The van der Waals surface area contributed by atoms with E-state index in [4.69, 9.17) is 9.26 Å². The van der Waals surface area contributed by atoms with Gasteiger partial charge in [0.1, 0.15) is 5.76 Å². The Morgan fingerprint density at radius 2 is 2.32 bits per heavy atom. The maximum absolute atomic E-state index is 11.7. The van der Waals surface area contributed by atoms with E-state index in [9.17, 15) is 9.90 Å². The Hall–Kier alpha value is -1.56. The third-order valence-electron chi connectivity index (χ3n) is 3.62. The second-order valence-electron chi connectivity index (χ2n) is 5.21. The van der Waals surface area contributed by atoms with Gasteiger partial charge in [-0.3, -0.25) is 4.79 Å². The van der Waals surface area contributed by atoms with Crippen LogP contribution in [0.3, 0.4) is 0 Å². The molecule has 0 radical (unpaired) electrons. The zero-order valence-electron chi connectivity index (χ0n) is 11.1. The number of amides is 1. The third kappa shape index (κ3) is 3.70. The van der Waals surface area contributed by atoms with E-state index in [2.05, 4.69) is 10.5 Å². The van der Waals surface area contributed by atoms with Crippen LogP contribution in [-0.2, 0) is 4.79 Å². The summed E-state index contributed by atoms with van der Waals surface area (Å²) in [7, 11) is 0. The molecule has 0 unspecified atom stereocenters. The maximum atomic E-state index is 11.7. The molecule has 6 nitrogen and oxygen atoms in total. The van der Waals surface area contributed by atoms with E-state index >= 15 is 0 Å². The second-order valence-corrected chi connectivity index (χ2v) is 5.21. The summed E-state index contributed by atoms with van der Waals surface area (Å²) in [6.45, 7) is 2.29. The van der Waals surface area contributed by atoms with Crippen molar-refractivity contribution in [3.8, 4) is 5.88 Å². The Bertz CT molecular complexity index is 424. The molecule has 1 fully saturated rings. The van der Waals surface area contributed by atoms with Crippen molar-refractivity contribution in [2.75, 3.05) is 19.8 Å². The van der Waals surface area contributed by atoms with Crippen molar-refractivity contribution >= 4 is 5.91 Å². The lowest BCUT2D eigenvalue weighted by Gasteiger charge is -2.26. The molecule has 1 amide bonds. The molecule has 2 rings (SSSR count). The minimum Gasteiger partial charge on any atom is -0.465 e. The molecule has 19 heavy (non-hydrogen) atoms. The molecule has 1 aliphatic rings. The maximum Gasteiger partial charge on any atom is 0.258 e. The molecule has 1 heterocycles. The number of aliphatic hydroxyl groups is 1. The van der Waals surface area contributed by atoms with Crippen molar-refractivity contribution < 1.29 is 19.2 Å². The number of rotatable bonds is 6. The molecular weight excluding hydrogens is 248 g/mol. The molecule has 1 aromatic heterocycles. The van der Waals surface area contributed by atoms with Crippen LogP contribution in [0.25, 0.3) is 0 Å². The van der Waals surface area contributed by atoms with Crippen LogP contribution in [0.5, 0.6) is 5.88 Å². The summed E-state index contributed by atoms with van der Waals surface area (Å²) in [6, 6.07) is 1.62. The van der Waals surface area contributed by atoms with E-state index < -0.39 is 0 Å². The molecule has 1 saturated carbocycles. The molecule has 0 atom stereocenters. The third-order valence-corrected chi connectivity index (χ3v) is 3.62. The van der Waals surface area contributed by atoms with Gasteiger partial charge < -0.3 is 19.7 Å². The van der Waals surface area contributed by atoms with Crippen LogP contribution >= 0.6 is 0 Å². The zero-order valence-corrected chi connectivity index (χ0v) is 11.1. The highest BCUT2D eigenvalue weighted by Gasteiger charge is 2.33. The number of nitrogens with zero attached hydrogens (tertiary/aromatic N) is 1. The molecule has 0 saturated heterocycles. The lowest BCUT2D eigenvalue weighted by atomic mass is 9.87. The highest BCUT2D eigenvalue weighted by atomic mass is 16.5. The Kier molecular flexibility index (Phi) is 4.42. The molecule has 106 valence electrons. The van der Waals surface area contributed by atoms with Crippen molar-refractivity contribution in [2.24, 2.45) is 5.41 Å². The van der Waals surface area contributed by atoms with E-state index in [1.165, 1.54) is 0 Å². The number of carbonyl (C=O) groups is 1. The van der Waals surface area contributed by atoms with Gasteiger partial charge in [0, 0.05) is 18.0 Å². The fourth-order valence-electron chi connectivity index (χ4n) is 2.40. The standard InChI is InChI=1S/C13H20N2O4/c1-10-6-12(15-19-10)18-7-11(17)14-8-13(9-16)4-2-3-5-13/h6,16H,2-5,7-9H2,1H3,(H,14,17). The summed E-state index contributed by atoms with van der Waals surface area (Å²) in [6.07, 6.45) is 4.16. The van der Waals surface area contributed by atoms with Gasteiger partial charge in [-0.2, -0.15) is 0 Å². The van der Waals surface area contributed by atoms with Gasteiger partial charge in [0.25, 0.3) is 11.8 Å². The molecule has 0 spiro atoms. The second kappa shape index (κ2) is 6.06. The normalized spacial score (nSPS) is 17.4. The lowest BCUT2D eigenvalue weighted by Crippen LogP contribution is -2.40. The Balaban J connectivity index is 1.72. The predicted octanol–water partition coefficient (Wildman–Crippen LogP) is 1.03. The van der Waals surface area contributed by atoms with E-state index in [0.717, 1.165) is 25.7 Å². The number of aryl methyl sites for hydroxylation is 1. The van der Waals surface area contributed by atoms with E-state index in [-0.39, 0.29) is 24.5 Å². The predicted molar refractivity (Wildman–Crippen MR) is 67.7 cm³/mol. The number of nitrogens with one attached hydrogen (secondary N) is 1. The number of aliphatic hydroxyl groups excluding tert-OH is 1. The van der Waals surface area contributed by atoms with Crippen LogP contribution in [0, 0.1) is 12.3 Å². The number of ether oxygens (including phenoxy) is 1. The molecule has 1 aromatic rings. The van der Waals surface area contributed by atoms with Crippen LogP contribution in [0.1, 0.15) is 31.4 Å². The Morgan fingerprint density at radius 1 is 1.58 bits per heavy atom. The molecular formula is C13H20N2O4. The lowest BCUT2D eigenvalue weighted by molar-refractivity contribution is -0.123. The monoisotopic (exact) mass is 268 g/mol. The minimum absolute atomic E-state index is 0.0898. The Morgan fingerprint density at radius 3 is 2.89 bits per heavy atom. The summed E-state index contributed by atoms with van der Waals surface area (Å²) in [5.41, 5.74) is -0.139. The van der Waals surface area contributed by atoms with Crippen LogP contribution in [0.15, 0.2) is 10.6 Å². The van der Waals surface area contributed by atoms with E-state index in [1.54, 1.807) is 13.0 Å². The smallest absolute Gasteiger partial charge is 0.258 e. The fraction of sp³-hybridized carbons (Fsp3) is 0.692. The van der Waals surface area contributed by atoms with Crippen molar-refractivity contribution in [1.29, 1.82) is 0 Å². The molecule has 1 aliphatic carbocycles. The van der Waals surface area contributed by atoms with Crippen LogP contribution in [0.2, 0.25) is 0 Å². The van der Waals surface area contributed by atoms with Gasteiger partial charge >= 0.3 is 0 Å². The minimum atomic E-state index is -0.208. The quantitative estimate of drug-likeness (QED) is 0.805. The first-order valence-electron chi connectivity index (χ1n) is 6.57. The molecule has 0 aromatic carbocycles. The summed E-state index contributed by atoms with van der Waals surface area (Å²) in [5, 5.41) is 15.9. The van der Waals surface area contributed by atoms with Crippen LogP contribution < -0.4 is 10.1 Å². The van der Waals surface area contributed by atoms with Crippen molar-refractivity contribution in [3.05, 3.63) is 11.8 Å². The van der Waals surface area contributed by atoms with Crippen molar-refractivity contribution in [2.45, 2.75) is 32.6 Å². The average molecular weight is 268 g/mol. The van der Waals surface area contributed by atoms with Gasteiger partial charge in [-0.15, -0.1) is 0 Å². The van der Waals surface area contributed by atoms with Gasteiger partial charge in [-0.1, -0.05) is 12.8 Å². The first-order chi connectivity index (χ1) is 9.13. The number of hydrogen-bond donors (Lipinski definition) is 2. The number of aromatic nitrogens is 1. The van der Waals surface area contributed by atoms with Gasteiger partial charge in [0.15, 0.2) is 6.61 Å². The first kappa shape index (κ1) is 13.9. The SMILES string of the molecule is Cc1cc(OCC(=O)NCC2(CO)CCCC2)no1. The Labute approximate surface area is 112 Å².